The largest absolute Gasteiger partial charge is 0.399 e. The predicted molar refractivity (Wildman–Crippen MR) is 91.4 cm³/mol. The summed E-state index contributed by atoms with van der Waals surface area (Å²) in [5.41, 5.74) is 8.02. The van der Waals surface area contributed by atoms with Gasteiger partial charge in [-0.2, -0.15) is 0 Å². The lowest BCUT2D eigenvalue weighted by Crippen LogP contribution is -2.14. The first-order valence-electron chi connectivity index (χ1n) is 6.19. The molecule has 110 valence electrons. The van der Waals surface area contributed by atoms with E-state index in [0.29, 0.717) is 15.7 Å². The monoisotopic (exact) mass is 340 g/mol. The first-order valence-corrected chi connectivity index (χ1v) is 7.93. The molecule has 0 aliphatic carbocycles. The normalized spacial score (nSPS) is 10.4. The van der Waals surface area contributed by atoms with Crippen LogP contribution in [0.2, 0.25) is 10.0 Å². The molecular weight excluding hydrogens is 327 g/mol. The number of benzene rings is 2. The number of anilines is 2. The molecule has 2 rings (SSSR count). The number of nitrogen functional groups attached to an aromatic ring is 1. The van der Waals surface area contributed by atoms with Crippen LogP contribution in [0.3, 0.4) is 0 Å². The fourth-order valence-corrected chi connectivity index (χ4v) is 2.80. The fraction of sp³-hybridized carbons (Fsp3) is 0.133. The van der Waals surface area contributed by atoms with Crippen molar-refractivity contribution in [1.29, 1.82) is 0 Å². The lowest BCUT2D eigenvalue weighted by molar-refractivity contribution is -0.113. The molecule has 0 aromatic heterocycles. The summed E-state index contributed by atoms with van der Waals surface area (Å²) >= 11 is 13.3. The van der Waals surface area contributed by atoms with Crippen LogP contribution in [0.1, 0.15) is 5.56 Å². The zero-order valence-electron chi connectivity index (χ0n) is 11.3. The molecule has 0 unspecified atom stereocenters. The van der Waals surface area contributed by atoms with Crippen LogP contribution in [0.5, 0.6) is 0 Å². The third-order valence-corrected chi connectivity index (χ3v) is 4.37. The Morgan fingerprint density at radius 2 is 2.00 bits per heavy atom. The summed E-state index contributed by atoms with van der Waals surface area (Å²) in [7, 11) is 0. The molecule has 0 spiro atoms. The standard InChI is InChI=1S/C15H14Cl2N2OS/c1-9-6-11(3-5-13(9)18)21-8-15(20)19-14-7-10(16)2-4-12(14)17/h2-7H,8,18H2,1H3,(H,19,20). The van der Waals surface area contributed by atoms with Crippen molar-refractivity contribution in [3.63, 3.8) is 0 Å². The molecular formula is C15H14Cl2N2OS. The zero-order chi connectivity index (χ0) is 15.4. The van der Waals surface area contributed by atoms with Crippen molar-refractivity contribution < 1.29 is 4.79 Å². The molecule has 21 heavy (non-hydrogen) atoms. The van der Waals surface area contributed by atoms with Crippen LogP contribution in [0.25, 0.3) is 0 Å². The molecule has 0 heterocycles. The summed E-state index contributed by atoms with van der Waals surface area (Å²) in [5.74, 6) is 0.144. The van der Waals surface area contributed by atoms with Crippen LogP contribution in [0.4, 0.5) is 11.4 Å². The number of carbonyl (C=O) groups excluding carboxylic acids is 1. The summed E-state index contributed by atoms with van der Waals surface area (Å²) in [6, 6.07) is 10.6. The van der Waals surface area contributed by atoms with E-state index in [2.05, 4.69) is 5.32 Å². The molecule has 6 heteroatoms. The number of hydrogen-bond acceptors (Lipinski definition) is 3. The second kappa shape index (κ2) is 7.07. The highest BCUT2D eigenvalue weighted by Gasteiger charge is 2.08. The number of carbonyl (C=O) groups is 1. The Balaban J connectivity index is 1.95. The third-order valence-electron chi connectivity index (χ3n) is 2.81. The topological polar surface area (TPSA) is 55.1 Å². The number of nitrogens with one attached hydrogen (secondary N) is 1. The van der Waals surface area contributed by atoms with Crippen LogP contribution in [0.15, 0.2) is 41.3 Å². The Bertz CT molecular complexity index is 677. The Morgan fingerprint density at radius 3 is 2.71 bits per heavy atom. The summed E-state index contributed by atoms with van der Waals surface area (Å²) < 4.78 is 0. The molecule has 0 saturated heterocycles. The molecule has 2 aromatic rings. The maximum Gasteiger partial charge on any atom is 0.234 e. The van der Waals surface area contributed by atoms with Gasteiger partial charge in [-0.15, -0.1) is 11.8 Å². The van der Waals surface area contributed by atoms with Crippen LogP contribution < -0.4 is 11.1 Å². The molecule has 0 radical (unpaired) electrons. The van der Waals surface area contributed by atoms with Gasteiger partial charge >= 0.3 is 0 Å². The van der Waals surface area contributed by atoms with Crippen molar-refractivity contribution >= 4 is 52.2 Å². The van der Waals surface area contributed by atoms with Crippen molar-refractivity contribution in [1.82, 2.24) is 0 Å². The number of rotatable bonds is 4. The van der Waals surface area contributed by atoms with E-state index in [1.165, 1.54) is 11.8 Å². The van der Waals surface area contributed by atoms with E-state index in [9.17, 15) is 4.79 Å². The molecule has 0 atom stereocenters. The van der Waals surface area contributed by atoms with Gasteiger partial charge in [-0.05, 0) is 48.9 Å². The smallest absolute Gasteiger partial charge is 0.234 e. The van der Waals surface area contributed by atoms with E-state index >= 15 is 0 Å². The molecule has 0 saturated carbocycles. The number of hydrogen-bond donors (Lipinski definition) is 2. The van der Waals surface area contributed by atoms with Crippen molar-refractivity contribution in [2.45, 2.75) is 11.8 Å². The van der Waals surface area contributed by atoms with Gasteiger partial charge in [0.1, 0.15) is 0 Å². The molecule has 3 N–H and O–H groups in total. The fourth-order valence-electron chi connectivity index (χ4n) is 1.67. The third kappa shape index (κ3) is 4.56. The molecule has 2 aromatic carbocycles. The highest BCUT2D eigenvalue weighted by Crippen LogP contribution is 2.26. The zero-order valence-corrected chi connectivity index (χ0v) is 13.6. The minimum absolute atomic E-state index is 0.140. The molecule has 0 aliphatic rings. The van der Waals surface area contributed by atoms with Gasteiger partial charge in [0.25, 0.3) is 0 Å². The second-order valence-electron chi connectivity index (χ2n) is 4.48. The van der Waals surface area contributed by atoms with Gasteiger partial charge < -0.3 is 11.1 Å². The van der Waals surface area contributed by atoms with E-state index in [4.69, 9.17) is 28.9 Å². The number of halogens is 2. The van der Waals surface area contributed by atoms with Gasteiger partial charge in [0.05, 0.1) is 16.5 Å². The Kier molecular flexibility index (Phi) is 5.39. The van der Waals surface area contributed by atoms with E-state index in [1.807, 2.05) is 25.1 Å². The average Bonchev–Trinajstić information content (AvgIpc) is 2.44. The Labute approximate surface area is 137 Å². The van der Waals surface area contributed by atoms with Gasteiger partial charge in [-0.1, -0.05) is 23.2 Å². The van der Waals surface area contributed by atoms with Gasteiger partial charge in [-0.3, -0.25) is 4.79 Å². The van der Waals surface area contributed by atoms with Crippen LogP contribution in [-0.4, -0.2) is 11.7 Å². The van der Waals surface area contributed by atoms with Crippen LogP contribution in [0, 0.1) is 6.92 Å². The van der Waals surface area contributed by atoms with E-state index in [-0.39, 0.29) is 11.7 Å². The summed E-state index contributed by atoms with van der Waals surface area (Å²) in [6.45, 7) is 1.94. The number of thioether (sulfide) groups is 1. The SMILES string of the molecule is Cc1cc(SCC(=O)Nc2cc(Cl)ccc2Cl)ccc1N. The highest BCUT2D eigenvalue weighted by atomic mass is 35.5. The van der Waals surface area contributed by atoms with Crippen molar-refractivity contribution in [2.75, 3.05) is 16.8 Å². The first-order chi connectivity index (χ1) is 9.95. The van der Waals surface area contributed by atoms with Crippen LogP contribution >= 0.6 is 35.0 Å². The molecule has 1 amide bonds. The van der Waals surface area contributed by atoms with Crippen molar-refractivity contribution in [2.24, 2.45) is 0 Å². The average molecular weight is 341 g/mol. The first kappa shape index (κ1) is 16.0. The summed E-state index contributed by atoms with van der Waals surface area (Å²) in [5, 5.41) is 3.73. The minimum atomic E-state index is -0.140. The summed E-state index contributed by atoms with van der Waals surface area (Å²) in [6.07, 6.45) is 0. The molecule has 3 nitrogen and oxygen atoms in total. The maximum absolute atomic E-state index is 11.9. The Morgan fingerprint density at radius 1 is 1.24 bits per heavy atom. The number of nitrogens with two attached hydrogens (primary N) is 1. The van der Waals surface area contributed by atoms with Crippen molar-refractivity contribution in [3.8, 4) is 0 Å². The highest BCUT2D eigenvalue weighted by molar-refractivity contribution is 8.00. The lowest BCUT2D eigenvalue weighted by atomic mass is 10.2. The lowest BCUT2D eigenvalue weighted by Gasteiger charge is -2.08. The van der Waals surface area contributed by atoms with Crippen LogP contribution in [-0.2, 0) is 4.79 Å². The maximum atomic E-state index is 11.9. The van der Waals surface area contributed by atoms with E-state index < -0.39 is 0 Å². The Hall–Kier alpha value is -1.36. The molecule has 0 fully saturated rings. The van der Waals surface area contributed by atoms with Gasteiger partial charge in [0.15, 0.2) is 0 Å². The van der Waals surface area contributed by atoms with E-state index in [0.717, 1.165) is 16.1 Å². The molecule has 0 bridgehead atoms. The van der Waals surface area contributed by atoms with Gasteiger partial charge in [0, 0.05) is 15.6 Å². The van der Waals surface area contributed by atoms with Crippen molar-refractivity contribution in [3.05, 3.63) is 52.0 Å². The van der Waals surface area contributed by atoms with E-state index in [1.54, 1.807) is 18.2 Å². The second-order valence-corrected chi connectivity index (χ2v) is 6.37. The van der Waals surface area contributed by atoms with Gasteiger partial charge in [-0.25, -0.2) is 0 Å². The number of aryl methyl sites for hydroxylation is 1. The summed E-state index contributed by atoms with van der Waals surface area (Å²) in [4.78, 5) is 12.9. The predicted octanol–water partition coefficient (Wildman–Crippen LogP) is 4.61. The minimum Gasteiger partial charge on any atom is -0.399 e. The molecule has 0 aliphatic heterocycles. The van der Waals surface area contributed by atoms with Gasteiger partial charge in [0.2, 0.25) is 5.91 Å². The number of amides is 1. The quantitative estimate of drug-likeness (QED) is 0.630.